The summed E-state index contributed by atoms with van der Waals surface area (Å²) >= 11 is 0. The normalized spacial score (nSPS) is 17.9. The average molecular weight is 530 g/mol. The highest BCUT2D eigenvalue weighted by molar-refractivity contribution is 7.91. The first kappa shape index (κ1) is 25.9. The van der Waals surface area contributed by atoms with Crippen molar-refractivity contribution in [3.8, 4) is 0 Å². The third kappa shape index (κ3) is 6.06. The molecule has 1 fully saturated rings. The van der Waals surface area contributed by atoms with Crippen LogP contribution >= 0.6 is 0 Å². The third-order valence-corrected chi connectivity index (χ3v) is 9.01. The van der Waals surface area contributed by atoms with Crippen molar-refractivity contribution in [3.63, 3.8) is 0 Å². The second kappa shape index (κ2) is 11.4. The lowest BCUT2D eigenvalue weighted by molar-refractivity contribution is -0.0199. The van der Waals surface area contributed by atoms with Gasteiger partial charge in [-0.15, -0.1) is 0 Å². The Bertz CT molecular complexity index is 1500. The molecule has 0 saturated carbocycles. The molecule has 38 heavy (non-hydrogen) atoms. The first-order valence-electron chi connectivity index (χ1n) is 12.8. The van der Waals surface area contributed by atoms with Gasteiger partial charge >= 0.3 is 6.09 Å². The molecule has 5 rings (SSSR count). The summed E-state index contributed by atoms with van der Waals surface area (Å²) in [4.78, 5) is 13.4. The highest BCUT2D eigenvalue weighted by Gasteiger charge is 2.33. The molecule has 1 amide bonds. The largest absolute Gasteiger partial charge is 0.465 e. The molecule has 1 aliphatic heterocycles. The molecular weight excluding hydrogens is 498 g/mol. The zero-order valence-corrected chi connectivity index (χ0v) is 21.9. The highest BCUT2D eigenvalue weighted by atomic mass is 32.2. The van der Waals surface area contributed by atoms with Gasteiger partial charge in [0, 0.05) is 12.5 Å². The number of benzene rings is 4. The van der Waals surface area contributed by atoms with Gasteiger partial charge in [0.1, 0.15) is 0 Å². The Morgan fingerprint density at radius 2 is 1.55 bits per heavy atom. The van der Waals surface area contributed by atoms with Crippen LogP contribution in [0.5, 0.6) is 0 Å². The van der Waals surface area contributed by atoms with E-state index < -0.39 is 15.9 Å². The topological polar surface area (TPSA) is 83.9 Å². The fourth-order valence-corrected chi connectivity index (χ4v) is 6.41. The summed E-state index contributed by atoms with van der Waals surface area (Å²) in [6.45, 7) is 1.16. The number of likely N-dealkylation sites (tertiary alicyclic amines) is 1. The highest BCUT2D eigenvalue weighted by Crippen LogP contribution is 2.32. The van der Waals surface area contributed by atoms with E-state index >= 15 is 0 Å². The Morgan fingerprint density at radius 1 is 0.868 bits per heavy atom. The Labute approximate surface area is 223 Å². The molecule has 196 valence electrons. The van der Waals surface area contributed by atoms with Crippen molar-refractivity contribution in [2.45, 2.75) is 36.4 Å². The van der Waals surface area contributed by atoms with E-state index in [0.717, 1.165) is 22.1 Å². The number of sulfone groups is 1. The van der Waals surface area contributed by atoms with Gasteiger partial charge in [-0.05, 0) is 58.5 Å². The number of hydrogen-bond acceptors (Lipinski definition) is 4. The number of rotatable bonds is 8. The SMILES string of the molecule is O=C(O)N1CCC(c2ccc(CCS(=O)(=O)c3ccccc3)cc2)C(OCc2ccc3ccccc3c2)C1. The quantitative estimate of drug-likeness (QED) is 0.307. The number of aryl methyl sites for hydroxylation is 1. The molecule has 4 aromatic carbocycles. The molecule has 0 bridgehead atoms. The second-order valence-electron chi connectivity index (χ2n) is 9.78. The summed E-state index contributed by atoms with van der Waals surface area (Å²) in [5.41, 5.74) is 3.07. The summed E-state index contributed by atoms with van der Waals surface area (Å²) in [5.74, 6) is 0.0957. The molecule has 0 aromatic heterocycles. The van der Waals surface area contributed by atoms with Crippen LogP contribution < -0.4 is 0 Å². The molecule has 0 aliphatic carbocycles. The lowest BCUT2D eigenvalue weighted by Crippen LogP contribution is -2.46. The monoisotopic (exact) mass is 529 g/mol. The van der Waals surface area contributed by atoms with Gasteiger partial charge in [0.2, 0.25) is 0 Å². The lowest BCUT2D eigenvalue weighted by atomic mass is 9.86. The summed E-state index contributed by atoms with van der Waals surface area (Å²) in [6.07, 6.45) is -0.124. The third-order valence-electron chi connectivity index (χ3n) is 7.28. The standard InChI is InChI=1S/C31H31NO5S/c33-31(34)32-18-16-29(30(21-32)37-22-24-12-13-25-6-4-5-7-27(25)20-24)26-14-10-23(11-15-26)17-19-38(35,36)28-8-2-1-3-9-28/h1-15,20,29-30H,16-19,21-22H2,(H,33,34). The van der Waals surface area contributed by atoms with Gasteiger partial charge in [0.15, 0.2) is 9.84 Å². The van der Waals surface area contributed by atoms with E-state index in [-0.39, 0.29) is 17.8 Å². The van der Waals surface area contributed by atoms with Gasteiger partial charge in [-0.2, -0.15) is 0 Å². The molecular formula is C31H31NO5S. The number of hydrogen-bond donors (Lipinski definition) is 1. The van der Waals surface area contributed by atoms with Crippen LogP contribution in [0.25, 0.3) is 10.8 Å². The number of nitrogens with zero attached hydrogens (tertiary/aromatic N) is 1. The van der Waals surface area contributed by atoms with Gasteiger partial charge in [-0.25, -0.2) is 13.2 Å². The Hall–Kier alpha value is -3.68. The van der Waals surface area contributed by atoms with Gasteiger partial charge in [-0.3, -0.25) is 0 Å². The van der Waals surface area contributed by atoms with Crippen molar-refractivity contribution in [2.75, 3.05) is 18.8 Å². The van der Waals surface area contributed by atoms with Crippen LogP contribution in [0.4, 0.5) is 4.79 Å². The van der Waals surface area contributed by atoms with E-state index in [9.17, 15) is 18.3 Å². The molecule has 1 saturated heterocycles. The van der Waals surface area contributed by atoms with Gasteiger partial charge in [-0.1, -0.05) is 78.9 Å². The predicted molar refractivity (Wildman–Crippen MR) is 148 cm³/mol. The van der Waals surface area contributed by atoms with Crippen LogP contribution in [-0.2, 0) is 27.6 Å². The minimum Gasteiger partial charge on any atom is -0.465 e. The maximum absolute atomic E-state index is 12.6. The Kier molecular flexibility index (Phi) is 7.77. The second-order valence-corrected chi connectivity index (χ2v) is 11.9. The van der Waals surface area contributed by atoms with Gasteiger partial charge < -0.3 is 14.7 Å². The van der Waals surface area contributed by atoms with Crippen LogP contribution in [0, 0.1) is 0 Å². The van der Waals surface area contributed by atoms with Gasteiger partial charge in [0.05, 0.1) is 29.9 Å². The van der Waals surface area contributed by atoms with E-state index in [0.29, 0.717) is 37.4 Å². The van der Waals surface area contributed by atoms with Crippen molar-refractivity contribution in [3.05, 3.63) is 114 Å². The van der Waals surface area contributed by atoms with Crippen LogP contribution in [-0.4, -0.2) is 49.5 Å². The summed E-state index contributed by atoms with van der Waals surface area (Å²) in [5, 5.41) is 11.9. The van der Waals surface area contributed by atoms with Crippen molar-refractivity contribution in [1.82, 2.24) is 4.90 Å². The first-order valence-corrected chi connectivity index (χ1v) is 14.5. The predicted octanol–water partition coefficient (Wildman–Crippen LogP) is 5.91. The molecule has 2 unspecified atom stereocenters. The van der Waals surface area contributed by atoms with Crippen LogP contribution in [0.2, 0.25) is 0 Å². The van der Waals surface area contributed by atoms with Crippen LogP contribution in [0.1, 0.15) is 29.0 Å². The van der Waals surface area contributed by atoms with Crippen molar-refractivity contribution >= 4 is 26.7 Å². The van der Waals surface area contributed by atoms with Crippen molar-refractivity contribution in [1.29, 1.82) is 0 Å². The molecule has 1 aliphatic rings. The summed E-state index contributed by atoms with van der Waals surface area (Å²) < 4.78 is 31.6. The smallest absolute Gasteiger partial charge is 0.407 e. The molecule has 2 atom stereocenters. The number of amides is 1. The minimum atomic E-state index is -3.34. The van der Waals surface area contributed by atoms with E-state index in [1.54, 1.807) is 30.3 Å². The molecule has 1 N–H and O–H groups in total. The number of carboxylic acid groups (broad SMARTS) is 1. The maximum Gasteiger partial charge on any atom is 0.407 e. The van der Waals surface area contributed by atoms with Crippen LogP contribution in [0.3, 0.4) is 0 Å². The minimum absolute atomic E-state index is 0.0465. The average Bonchev–Trinajstić information content (AvgIpc) is 2.95. The number of piperidine rings is 1. The summed E-state index contributed by atoms with van der Waals surface area (Å²) in [7, 11) is -3.34. The Balaban J connectivity index is 1.27. The van der Waals surface area contributed by atoms with Crippen molar-refractivity contribution in [2.24, 2.45) is 0 Å². The zero-order chi connectivity index (χ0) is 26.5. The zero-order valence-electron chi connectivity index (χ0n) is 21.1. The molecule has 4 aromatic rings. The first-order chi connectivity index (χ1) is 18.4. The molecule has 6 nitrogen and oxygen atoms in total. The Morgan fingerprint density at radius 3 is 2.29 bits per heavy atom. The number of carbonyl (C=O) groups is 1. The summed E-state index contributed by atoms with van der Waals surface area (Å²) in [6, 6.07) is 30.9. The van der Waals surface area contributed by atoms with E-state index in [2.05, 4.69) is 24.3 Å². The molecule has 1 heterocycles. The van der Waals surface area contributed by atoms with E-state index in [1.165, 1.54) is 10.3 Å². The maximum atomic E-state index is 12.6. The fraction of sp³-hybridized carbons (Fsp3) is 0.258. The lowest BCUT2D eigenvalue weighted by Gasteiger charge is -2.37. The van der Waals surface area contributed by atoms with Crippen molar-refractivity contribution < 1.29 is 23.1 Å². The van der Waals surface area contributed by atoms with Crippen LogP contribution in [0.15, 0.2) is 102 Å². The molecule has 0 spiro atoms. The van der Waals surface area contributed by atoms with Gasteiger partial charge in [0.25, 0.3) is 0 Å². The molecule has 7 heteroatoms. The molecule has 0 radical (unpaired) electrons. The van der Waals surface area contributed by atoms with E-state index in [4.69, 9.17) is 4.74 Å². The number of fused-ring (bicyclic) bond motifs is 1. The fourth-order valence-electron chi connectivity index (χ4n) is 5.10. The number of ether oxygens (including phenoxy) is 1. The van der Waals surface area contributed by atoms with E-state index in [1.807, 2.05) is 42.5 Å².